The topological polar surface area (TPSA) is 17.1 Å². The summed E-state index contributed by atoms with van der Waals surface area (Å²) in [5, 5.41) is 1.32. The minimum absolute atomic E-state index is 0.235. The molecule has 0 aromatic heterocycles. The zero-order chi connectivity index (χ0) is 7.82. The van der Waals surface area contributed by atoms with Crippen molar-refractivity contribution >= 4 is 32.8 Å². The normalized spacial score (nSPS) is 9.80. The van der Waals surface area contributed by atoms with E-state index in [0.29, 0.717) is 0 Å². The molecule has 0 unspecified atom stereocenters. The van der Waals surface area contributed by atoms with Gasteiger partial charge in [0, 0.05) is 18.0 Å². The van der Waals surface area contributed by atoms with Crippen molar-refractivity contribution in [2.24, 2.45) is 0 Å². The molecule has 0 aliphatic heterocycles. The van der Waals surface area contributed by atoms with E-state index in [1.807, 2.05) is 0 Å². The highest BCUT2D eigenvalue weighted by Crippen LogP contribution is 2.07. The first kappa shape index (κ1) is 10.5. The van der Waals surface area contributed by atoms with Gasteiger partial charge in [0.25, 0.3) is 0 Å². The van der Waals surface area contributed by atoms with Crippen molar-refractivity contribution in [2.75, 3.05) is 11.1 Å². The third-order valence-corrected chi connectivity index (χ3v) is 2.54. The lowest BCUT2D eigenvalue weighted by Crippen LogP contribution is -1.86. The number of thioether (sulfide) groups is 1. The summed E-state index contributed by atoms with van der Waals surface area (Å²) in [5.41, 5.74) is 0. The van der Waals surface area contributed by atoms with Gasteiger partial charge >= 0.3 is 0 Å². The summed E-state index contributed by atoms with van der Waals surface area (Å²) < 4.78 is 0. The highest BCUT2D eigenvalue weighted by Gasteiger charge is 1.92. The molecule has 60 valence electrons. The first-order valence-corrected chi connectivity index (χ1v) is 5.57. The Hall–Kier alpha value is 0.500. The summed E-state index contributed by atoms with van der Waals surface area (Å²) in [6, 6.07) is 0. The van der Waals surface area contributed by atoms with Gasteiger partial charge in [0.1, 0.15) is 0 Å². The molecule has 0 radical (unpaired) electrons. The van der Waals surface area contributed by atoms with Gasteiger partial charge in [0.2, 0.25) is 0 Å². The van der Waals surface area contributed by atoms with Crippen molar-refractivity contribution < 1.29 is 4.79 Å². The molecule has 0 aromatic carbocycles. The minimum atomic E-state index is 0.235. The molecule has 0 aliphatic rings. The van der Waals surface area contributed by atoms with Gasteiger partial charge in [-0.25, -0.2) is 0 Å². The predicted molar refractivity (Wildman–Crippen MR) is 50.8 cm³/mol. The molecule has 0 saturated heterocycles. The highest BCUT2D eigenvalue weighted by atomic mass is 79.9. The Bertz CT molecular complexity index is 95.6. The van der Waals surface area contributed by atoms with Gasteiger partial charge in [-0.05, 0) is 12.8 Å². The van der Waals surface area contributed by atoms with Crippen LogP contribution in [0, 0.1) is 0 Å². The maximum absolute atomic E-state index is 10.4. The van der Waals surface area contributed by atoms with E-state index in [-0.39, 0.29) is 5.12 Å². The lowest BCUT2D eigenvalue weighted by Gasteiger charge is -1.95. The standard InChI is InChI=1S/C7H13BrOS/c1-7(9)10-6-4-2-3-5-8/h2-6H2,1H3. The van der Waals surface area contributed by atoms with E-state index in [4.69, 9.17) is 0 Å². The largest absolute Gasteiger partial charge is 0.288 e. The Morgan fingerprint density at radius 3 is 2.60 bits per heavy atom. The molecule has 0 aromatic rings. The number of hydrogen-bond acceptors (Lipinski definition) is 2. The first-order chi connectivity index (χ1) is 4.77. The Morgan fingerprint density at radius 2 is 2.10 bits per heavy atom. The van der Waals surface area contributed by atoms with Gasteiger partial charge in [-0.15, -0.1) is 0 Å². The van der Waals surface area contributed by atoms with E-state index in [2.05, 4.69) is 15.9 Å². The summed E-state index contributed by atoms with van der Waals surface area (Å²) in [7, 11) is 0. The Kier molecular flexibility index (Phi) is 7.99. The third-order valence-electron chi connectivity index (χ3n) is 1.08. The zero-order valence-corrected chi connectivity index (χ0v) is 8.63. The van der Waals surface area contributed by atoms with Crippen LogP contribution in [0.4, 0.5) is 0 Å². The van der Waals surface area contributed by atoms with Crippen LogP contribution in [-0.4, -0.2) is 16.2 Å². The molecule has 10 heavy (non-hydrogen) atoms. The second-order valence-electron chi connectivity index (χ2n) is 2.09. The molecule has 0 heterocycles. The Labute approximate surface area is 75.1 Å². The smallest absolute Gasteiger partial charge is 0.185 e. The molecular weight excluding hydrogens is 212 g/mol. The second kappa shape index (κ2) is 7.61. The fraction of sp³-hybridized carbons (Fsp3) is 0.857. The van der Waals surface area contributed by atoms with Crippen LogP contribution in [0.25, 0.3) is 0 Å². The number of carbonyl (C=O) groups is 1. The SMILES string of the molecule is CC(=O)SCCCCCBr. The van der Waals surface area contributed by atoms with Crippen molar-refractivity contribution in [3.8, 4) is 0 Å². The summed E-state index contributed by atoms with van der Waals surface area (Å²) >= 11 is 4.78. The van der Waals surface area contributed by atoms with Crippen molar-refractivity contribution in [2.45, 2.75) is 26.2 Å². The van der Waals surface area contributed by atoms with Crippen LogP contribution in [-0.2, 0) is 4.79 Å². The number of hydrogen-bond donors (Lipinski definition) is 0. The molecule has 0 spiro atoms. The van der Waals surface area contributed by atoms with E-state index < -0.39 is 0 Å². The van der Waals surface area contributed by atoms with Gasteiger partial charge in [-0.2, -0.15) is 0 Å². The van der Waals surface area contributed by atoms with Crippen LogP contribution in [0.15, 0.2) is 0 Å². The maximum Gasteiger partial charge on any atom is 0.185 e. The minimum Gasteiger partial charge on any atom is -0.288 e. The molecule has 0 aliphatic carbocycles. The average Bonchev–Trinajstić information content (AvgIpc) is 1.87. The third kappa shape index (κ3) is 8.50. The van der Waals surface area contributed by atoms with Crippen LogP contribution in [0.1, 0.15) is 26.2 Å². The monoisotopic (exact) mass is 224 g/mol. The Balaban J connectivity index is 2.84. The van der Waals surface area contributed by atoms with E-state index in [0.717, 1.165) is 17.5 Å². The molecule has 0 fully saturated rings. The lowest BCUT2D eigenvalue weighted by atomic mass is 10.3. The number of unbranched alkanes of at least 4 members (excludes halogenated alkanes) is 2. The quantitative estimate of drug-likeness (QED) is 0.528. The van der Waals surface area contributed by atoms with Gasteiger partial charge in [0.05, 0.1) is 0 Å². The van der Waals surface area contributed by atoms with Crippen LogP contribution in [0.3, 0.4) is 0 Å². The van der Waals surface area contributed by atoms with Crippen LogP contribution in [0.2, 0.25) is 0 Å². The molecule has 0 atom stereocenters. The van der Waals surface area contributed by atoms with Crippen LogP contribution in [0.5, 0.6) is 0 Å². The molecule has 0 rings (SSSR count). The molecule has 0 saturated carbocycles. The van der Waals surface area contributed by atoms with Gasteiger partial charge in [0.15, 0.2) is 5.12 Å². The molecule has 3 heteroatoms. The van der Waals surface area contributed by atoms with Gasteiger partial charge in [-0.1, -0.05) is 34.1 Å². The zero-order valence-electron chi connectivity index (χ0n) is 6.23. The summed E-state index contributed by atoms with van der Waals surface area (Å²) in [6.07, 6.45) is 3.61. The van der Waals surface area contributed by atoms with Crippen molar-refractivity contribution in [3.05, 3.63) is 0 Å². The van der Waals surface area contributed by atoms with E-state index >= 15 is 0 Å². The lowest BCUT2D eigenvalue weighted by molar-refractivity contribution is -0.109. The van der Waals surface area contributed by atoms with E-state index in [9.17, 15) is 4.79 Å². The van der Waals surface area contributed by atoms with Crippen molar-refractivity contribution in [1.82, 2.24) is 0 Å². The summed E-state index contributed by atoms with van der Waals surface area (Å²) in [6.45, 7) is 1.62. The Morgan fingerprint density at radius 1 is 1.40 bits per heavy atom. The molecule has 0 amide bonds. The molecule has 1 nitrogen and oxygen atoms in total. The number of halogens is 1. The van der Waals surface area contributed by atoms with E-state index in [1.165, 1.54) is 24.6 Å². The van der Waals surface area contributed by atoms with Crippen LogP contribution < -0.4 is 0 Å². The summed E-state index contributed by atoms with van der Waals surface area (Å²) in [4.78, 5) is 10.4. The van der Waals surface area contributed by atoms with Crippen LogP contribution >= 0.6 is 27.7 Å². The molecule has 0 N–H and O–H groups in total. The van der Waals surface area contributed by atoms with Gasteiger partial charge in [-0.3, -0.25) is 4.79 Å². The molecule has 0 bridgehead atoms. The average molecular weight is 225 g/mol. The predicted octanol–water partition coefficient (Wildman–Crippen LogP) is 2.83. The van der Waals surface area contributed by atoms with E-state index in [1.54, 1.807) is 6.92 Å². The number of rotatable bonds is 5. The van der Waals surface area contributed by atoms with Gasteiger partial charge < -0.3 is 0 Å². The highest BCUT2D eigenvalue weighted by molar-refractivity contribution is 9.09. The van der Waals surface area contributed by atoms with Crippen molar-refractivity contribution in [1.29, 1.82) is 0 Å². The van der Waals surface area contributed by atoms with Crippen molar-refractivity contribution in [3.63, 3.8) is 0 Å². The number of alkyl halides is 1. The second-order valence-corrected chi connectivity index (χ2v) is 4.15. The summed E-state index contributed by atoms with van der Waals surface area (Å²) in [5.74, 6) is 0.988. The first-order valence-electron chi connectivity index (χ1n) is 3.46. The fourth-order valence-corrected chi connectivity index (χ4v) is 1.62. The fourth-order valence-electron chi connectivity index (χ4n) is 0.589. The molecular formula is C7H13BrOS. The number of carbonyl (C=O) groups excluding carboxylic acids is 1. The maximum atomic E-state index is 10.4.